The van der Waals surface area contributed by atoms with Gasteiger partial charge >= 0.3 is 0 Å². The third-order valence-corrected chi connectivity index (χ3v) is 2.91. The second-order valence-electron chi connectivity index (χ2n) is 4.47. The quantitative estimate of drug-likeness (QED) is 0.858. The van der Waals surface area contributed by atoms with E-state index in [1.165, 1.54) is 6.07 Å². The predicted octanol–water partition coefficient (Wildman–Crippen LogP) is 3.04. The van der Waals surface area contributed by atoms with Crippen LogP contribution in [0.2, 0.25) is 0 Å². The van der Waals surface area contributed by atoms with Gasteiger partial charge in [-0.15, -0.1) is 0 Å². The van der Waals surface area contributed by atoms with Crippen molar-refractivity contribution in [2.75, 3.05) is 13.7 Å². The summed E-state index contributed by atoms with van der Waals surface area (Å²) in [5, 5.41) is 3.22. The molecule has 0 fully saturated rings. The molecule has 0 aliphatic heterocycles. The van der Waals surface area contributed by atoms with Gasteiger partial charge in [-0.2, -0.15) is 0 Å². The van der Waals surface area contributed by atoms with Crippen LogP contribution in [0.5, 0.6) is 0 Å². The van der Waals surface area contributed by atoms with E-state index in [4.69, 9.17) is 4.74 Å². The first kappa shape index (κ1) is 14.1. The van der Waals surface area contributed by atoms with Crippen LogP contribution in [0.4, 0.5) is 8.78 Å². The lowest BCUT2D eigenvalue weighted by molar-refractivity contribution is -0.0107. The van der Waals surface area contributed by atoms with Crippen LogP contribution in [0.15, 0.2) is 18.2 Å². The van der Waals surface area contributed by atoms with Gasteiger partial charge in [0.25, 0.3) is 0 Å². The van der Waals surface area contributed by atoms with Crippen LogP contribution < -0.4 is 5.32 Å². The summed E-state index contributed by atoms with van der Waals surface area (Å²) in [5.41, 5.74) is 0.179. The summed E-state index contributed by atoms with van der Waals surface area (Å²) in [4.78, 5) is 0. The molecule has 0 aromatic heterocycles. The molecule has 96 valence electrons. The van der Waals surface area contributed by atoms with Gasteiger partial charge < -0.3 is 10.1 Å². The number of ether oxygens (including phenoxy) is 1. The zero-order valence-electron chi connectivity index (χ0n) is 10.7. The van der Waals surface area contributed by atoms with Crippen molar-refractivity contribution >= 4 is 0 Å². The Morgan fingerprint density at radius 1 is 1.29 bits per heavy atom. The van der Waals surface area contributed by atoms with Crippen molar-refractivity contribution in [3.63, 3.8) is 0 Å². The highest BCUT2D eigenvalue weighted by Gasteiger charge is 2.30. The number of rotatable bonds is 5. The van der Waals surface area contributed by atoms with E-state index in [0.717, 1.165) is 12.6 Å². The van der Waals surface area contributed by atoms with Gasteiger partial charge in [-0.25, -0.2) is 8.78 Å². The summed E-state index contributed by atoms with van der Waals surface area (Å²) in [5.74, 6) is -1.67. The van der Waals surface area contributed by atoms with Gasteiger partial charge in [0.2, 0.25) is 0 Å². The zero-order chi connectivity index (χ0) is 13.1. The van der Waals surface area contributed by atoms with Crippen LogP contribution in [-0.2, 0) is 4.74 Å². The van der Waals surface area contributed by atoms with Crippen molar-refractivity contribution in [3.05, 3.63) is 35.4 Å². The summed E-state index contributed by atoms with van der Waals surface area (Å²) >= 11 is 0. The van der Waals surface area contributed by atoms with Gasteiger partial charge in [-0.1, -0.05) is 13.0 Å². The van der Waals surface area contributed by atoms with E-state index < -0.39 is 17.2 Å². The molecule has 0 bridgehead atoms. The van der Waals surface area contributed by atoms with Crippen molar-refractivity contribution in [3.8, 4) is 0 Å². The highest BCUT2D eigenvalue weighted by Crippen LogP contribution is 2.29. The average Bonchev–Trinajstić information content (AvgIpc) is 2.29. The van der Waals surface area contributed by atoms with Crippen LogP contribution in [0.1, 0.15) is 32.4 Å². The smallest absolute Gasteiger partial charge is 0.159 e. The lowest BCUT2D eigenvalue weighted by Crippen LogP contribution is -2.40. The first-order valence-corrected chi connectivity index (χ1v) is 5.66. The standard InChI is InChI=1S/C13H19F2NO/c1-5-16-12(13(2,3)17-4)9-6-7-10(14)11(15)8-9/h6-8,12,16H,5H2,1-4H3. The second kappa shape index (κ2) is 5.56. The third kappa shape index (κ3) is 3.23. The van der Waals surface area contributed by atoms with Crippen LogP contribution >= 0.6 is 0 Å². The molecule has 0 spiro atoms. The van der Waals surface area contributed by atoms with Crippen molar-refractivity contribution in [2.45, 2.75) is 32.4 Å². The van der Waals surface area contributed by atoms with Gasteiger partial charge in [-0.3, -0.25) is 0 Å². The Morgan fingerprint density at radius 3 is 2.41 bits per heavy atom. The van der Waals surface area contributed by atoms with Crippen molar-refractivity contribution in [1.82, 2.24) is 5.32 Å². The molecule has 4 heteroatoms. The fourth-order valence-corrected chi connectivity index (χ4v) is 1.78. The maximum absolute atomic E-state index is 13.2. The largest absolute Gasteiger partial charge is 0.377 e. The molecule has 1 aromatic carbocycles. The van der Waals surface area contributed by atoms with E-state index in [1.807, 2.05) is 20.8 Å². The molecule has 0 saturated heterocycles. The van der Waals surface area contributed by atoms with Crippen LogP contribution in [0.3, 0.4) is 0 Å². The summed E-state index contributed by atoms with van der Waals surface area (Å²) in [7, 11) is 1.60. The Morgan fingerprint density at radius 2 is 1.94 bits per heavy atom. The van der Waals surface area contributed by atoms with Crippen molar-refractivity contribution in [2.24, 2.45) is 0 Å². The summed E-state index contributed by atoms with van der Waals surface area (Å²) in [6.07, 6.45) is 0. The predicted molar refractivity (Wildman–Crippen MR) is 63.9 cm³/mol. The molecule has 0 amide bonds. The Balaban J connectivity index is 3.09. The number of hydrogen-bond donors (Lipinski definition) is 1. The normalized spacial score (nSPS) is 13.8. The maximum atomic E-state index is 13.2. The van der Waals surface area contributed by atoms with Crippen LogP contribution in [0, 0.1) is 11.6 Å². The Bertz CT molecular complexity index is 380. The minimum absolute atomic E-state index is 0.187. The van der Waals surface area contributed by atoms with Gasteiger partial charge in [0.15, 0.2) is 11.6 Å². The first-order valence-electron chi connectivity index (χ1n) is 5.66. The van der Waals surface area contributed by atoms with Gasteiger partial charge in [0.1, 0.15) is 0 Å². The van der Waals surface area contributed by atoms with Gasteiger partial charge in [0, 0.05) is 7.11 Å². The molecule has 0 aliphatic carbocycles. The minimum atomic E-state index is -0.836. The number of methoxy groups -OCH3 is 1. The Hall–Kier alpha value is -1.00. The molecular formula is C13H19F2NO. The lowest BCUT2D eigenvalue weighted by Gasteiger charge is -2.34. The monoisotopic (exact) mass is 243 g/mol. The van der Waals surface area contributed by atoms with E-state index in [2.05, 4.69) is 5.32 Å². The number of nitrogens with one attached hydrogen (secondary N) is 1. The fraction of sp³-hybridized carbons (Fsp3) is 0.538. The highest BCUT2D eigenvalue weighted by atomic mass is 19.2. The molecule has 1 atom stereocenters. The van der Waals surface area contributed by atoms with E-state index in [-0.39, 0.29) is 6.04 Å². The molecule has 0 saturated carbocycles. The molecular weight excluding hydrogens is 224 g/mol. The van der Waals surface area contributed by atoms with E-state index in [1.54, 1.807) is 13.2 Å². The zero-order valence-corrected chi connectivity index (χ0v) is 10.7. The van der Waals surface area contributed by atoms with Gasteiger partial charge in [-0.05, 0) is 38.1 Å². The first-order chi connectivity index (χ1) is 7.92. The topological polar surface area (TPSA) is 21.3 Å². The van der Waals surface area contributed by atoms with E-state index >= 15 is 0 Å². The Kier molecular flexibility index (Phi) is 4.60. The number of hydrogen-bond acceptors (Lipinski definition) is 2. The maximum Gasteiger partial charge on any atom is 0.159 e. The number of benzene rings is 1. The molecule has 1 aromatic rings. The second-order valence-corrected chi connectivity index (χ2v) is 4.47. The minimum Gasteiger partial charge on any atom is -0.377 e. The van der Waals surface area contributed by atoms with Crippen molar-refractivity contribution < 1.29 is 13.5 Å². The number of likely N-dealkylation sites (N-methyl/N-ethyl adjacent to an activating group) is 1. The van der Waals surface area contributed by atoms with E-state index in [0.29, 0.717) is 5.56 Å². The highest BCUT2D eigenvalue weighted by molar-refractivity contribution is 5.23. The molecule has 0 heterocycles. The summed E-state index contributed by atoms with van der Waals surface area (Å²) in [6, 6.07) is 3.74. The molecule has 17 heavy (non-hydrogen) atoms. The fourth-order valence-electron chi connectivity index (χ4n) is 1.78. The molecule has 2 nitrogen and oxygen atoms in total. The lowest BCUT2D eigenvalue weighted by atomic mass is 9.91. The molecule has 1 N–H and O–H groups in total. The van der Waals surface area contributed by atoms with Gasteiger partial charge in [0.05, 0.1) is 11.6 Å². The van der Waals surface area contributed by atoms with Crippen LogP contribution in [-0.4, -0.2) is 19.3 Å². The molecule has 0 radical (unpaired) electrons. The number of halogens is 2. The Labute approximate surface area is 101 Å². The average molecular weight is 243 g/mol. The van der Waals surface area contributed by atoms with E-state index in [9.17, 15) is 8.78 Å². The molecule has 0 aliphatic rings. The third-order valence-electron chi connectivity index (χ3n) is 2.91. The van der Waals surface area contributed by atoms with Crippen LogP contribution in [0.25, 0.3) is 0 Å². The molecule has 1 unspecified atom stereocenters. The molecule has 1 rings (SSSR count). The summed E-state index contributed by atoms with van der Waals surface area (Å²) < 4.78 is 31.5. The SMILES string of the molecule is CCNC(c1ccc(F)c(F)c1)C(C)(C)OC. The van der Waals surface area contributed by atoms with Crippen molar-refractivity contribution in [1.29, 1.82) is 0 Å². The summed E-state index contributed by atoms with van der Waals surface area (Å²) in [6.45, 7) is 6.48.